The summed E-state index contributed by atoms with van der Waals surface area (Å²) in [6.45, 7) is 7.22. The van der Waals surface area contributed by atoms with Crippen molar-refractivity contribution in [2.45, 2.75) is 38.9 Å². The molecule has 0 unspecified atom stereocenters. The van der Waals surface area contributed by atoms with Crippen molar-refractivity contribution in [3.63, 3.8) is 0 Å². The Balaban J connectivity index is 1.09. The van der Waals surface area contributed by atoms with Crippen LogP contribution >= 0.6 is 11.6 Å². The average Bonchev–Trinajstić information content (AvgIpc) is 3.40. The predicted molar refractivity (Wildman–Crippen MR) is 185 cm³/mol. The van der Waals surface area contributed by atoms with E-state index in [-0.39, 0.29) is 18.0 Å². The van der Waals surface area contributed by atoms with Gasteiger partial charge < -0.3 is 30.4 Å². The Bertz CT molecular complexity index is 1790. The zero-order valence-electron chi connectivity index (χ0n) is 27.1. The van der Waals surface area contributed by atoms with Gasteiger partial charge in [-0.1, -0.05) is 53.6 Å². The summed E-state index contributed by atoms with van der Waals surface area (Å²) in [6.07, 6.45) is -0.295. The molecule has 2 heterocycles. The quantitative estimate of drug-likeness (QED) is 0.130. The zero-order chi connectivity index (χ0) is 33.8. The Morgan fingerprint density at radius 3 is 2.46 bits per heavy atom. The van der Waals surface area contributed by atoms with Gasteiger partial charge in [0.1, 0.15) is 11.5 Å². The molecule has 248 valence electrons. The summed E-state index contributed by atoms with van der Waals surface area (Å²) in [7, 11) is 0. The van der Waals surface area contributed by atoms with Crippen molar-refractivity contribution in [2.24, 2.45) is 17.8 Å². The van der Waals surface area contributed by atoms with Gasteiger partial charge in [0, 0.05) is 37.3 Å². The third-order valence-corrected chi connectivity index (χ3v) is 9.96. The SMILES string of the molecule is Cc1ccc([C@@H](C)NCc2ccc(-c3ccc(Cl)c(C(=O)N[C@@H](CNC[C@@H]4[C@H]5CN(C(=O)O)C[C@@H]45)Cc4ccc(C#N)cc4)c3)o2)cc1. The fourth-order valence-corrected chi connectivity index (χ4v) is 6.88. The number of piperidine rings is 1. The Hall–Kier alpha value is -4.62. The predicted octanol–water partition coefficient (Wildman–Crippen LogP) is 6.42. The van der Waals surface area contributed by atoms with Crippen LogP contribution in [0.25, 0.3) is 11.3 Å². The van der Waals surface area contributed by atoms with Crippen molar-refractivity contribution < 1.29 is 19.1 Å². The number of nitrogens with one attached hydrogen (secondary N) is 3. The van der Waals surface area contributed by atoms with Crippen molar-refractivity contribution in [1.29, 1.82) is 5.26 Å². The molecule has 4 N–H and O–H groups in total. The Morgan fingerprint density at radius 1 is 1.04 bits per heavy atom. The van der Waals surface area contributed by atoms with Gasteiger partial charge in [0.05, 0.1) is 28.8 Å². The van der Waals surface area contributed by atoms with Crippen molar-refractivity contribution in [2.75, 3.05) is 26.2 Å². The van der Waals surface area contributed by atoms with Crippen molar-refractivity contribution in [3.8, 4) is 17.4 Å². The van der Waals surface area contributed by atoms with Crippen LogP contribution in [-0.2, 0) is 13.0 Å². The molecule has 1 aliphatic heterocycles. The van der Waals surface area contributed by atoms with Gasteiger partial charge in [-0.05, 0) is 98.2 Å². The summed E-state index contributed by atoms with van der Waals surface area (Å²) < 4.78 is 6.16. The maximum absolute atomic E-state index is 13.7. The number of furan rings is 1. The third-order valence-electron chi connectivity index (χ3n) is 9.63. The van der Waals surface area contributed by atoms with Gasteiger partial charge in [0.15, 0.2) is 0 Å². The Morgan fingerprint density at radius 2 is 1.77 bits per heavy atom. The van der Waals surface area contributed by atoms with Gasteiger partial charge in [-0.15, -0.1) is 0 Å². The minimum Gasteiger partial charge on any atom is -0.465 e. The zero-order valence-corrected chi connectivity index (χ0v) is 27.8. The van der Waals surface area contributed by atoms with Crippen LogP contribution in [0.2, 0.25) is 5.02 Å². The summed E-state index contributed by atoms with van der Waals surface area (Å²) >= 11 is 6.56. The second kappa shape index (κ2) is 14.7. The highest BCUT2D eigenvalue weighted by Gasteiger charge is 2.56. The topological polar surface area (TPSA) is 131 Å². The van der Waals surface area contributed by atoms with Crippen molar-refractivity contribution in [3.05, 3.63) is 117 Å². The van der Waals surface area contributed by atoms with Crippen LogP contribution in [0.1, 0.15) is 51.3 Å². The first-order valence-corrected chi connectivity index (χ1v) is 16.7. The molecule has 5 atom stereocenters. The number of carbonyl (C=O) groups is 2. The maximum Gasteiger partial charge on any atom is 0.407 e. The van der Waals surface area contributed by atoms with E-state index >= 15 is 0 Å². The highest BCUT2D eigenvalue weighted by Crippen LogP contribution is 2.51. The van der Waals surface area contributed by atoms with E-state index in [1.54, 1.807) is 24.3 Å². The number of nitrogens with zero attached hydrogens (tertiary/aromatic N) is 2. The number of carboxylic acid groups (broad SMARTS) is 1. The van der Waals surface area contributed by atoms with E-state index in [0.29, 0.717) is 72.3 Å². The smallest absolute Gasteiger partial charge is 0.407 e. The van der Waals surface area contributed by atoms with Crippen LogP contribution < -0.4 is 16.0 Å². The van der Waals surface area contributed by atoms with Crippen LogP contribution in [0.15, 0.2) is 83.3 Å². The molecule has 2 amide bonds. The fourth-order valence-electron chi connectivity index (χ4n) is 6.68. The molecule has 4 aromatic rings. The van der Waals surface area contributed by atoms with Crippen LogP contribution in [0.3, 0.4) is 0 Å². The molecule has 10 heteroatoms. The summed E-state index contributed by atoms with van der Waals surface area (Å²) in [5.74, 6) is 2.38. The molecule has 2 fully saturated rings. The number of carbonyl (C=O) groups excluding carboxylic acids is 1. The molecule has 1 aliphatic carbocycles. The lowest BCUT2D eigenvalue weighted by Crippen LogP contribution is -2.44. The standard InChI is InChI=1S/C38H40ClN5O4/c1-23-3-9-27(10-4-23)24(2)42-19-30-12-14-36(48-30)28-11-13-35(39)31(16-28)37(45)43-29(15-25-5-7-26(17-40)8-6-25)18-41-20-32-33-21-44(38(46)47)22-34(32)33/h3-14,16,24,29,32-34,41-42H,15,18-22H2,1-2H3,(H,43,45)(H,46,47)/t24-,29-,32-,33-,34+/m1/s1. The molecule has 0 spiro atoms. The lowest BCUT2D eigenvalue weighted by Gasteiger charge is -2.21. The number of benzene rings is 3. The number of amides is 2. The largest absolute Gasteiger partial charge is 0.465 e. The first-order chi connectivity index (χ1) is 23.2. The van der Waals surface area contributed by atoms with E-state index in [4.69, 9.17) is 16.0 Å². The normalized spacial score (nSPS) is 19.3. The number of nitriles is 1. The van der Waals surface area contributed by atoms with Gasteiger partial charge in [0.25, 0.3) is 5.91 Å². The monoisotopic (exact) mass is 665 g/mol. The summed E-state index contributed by atoms with van der Waals surface area (Å²) in [6, 6.07) is 27.0. The molecule has 48 heavy (non-hydrogen) atoms. The Kier molecular flexibility index (Phi) is 10.2. The number of rotatable bonds is 13. The number of aryl methyl sites for hydroxylation is 1. The van der Waals surface area contributed by atoms with Crippen molar-refractivity contribution >= 4 is 23.6 Å². The number of likely N-dealkylation sites (tertiary alicyclic amines) is 1. The third kappa shape index (κ3) is 7.91. The van der Waals surface area contributed by atoms with E-state index in [1.165, 1.54) is 16.0 Å². The van der Waals surface area contributed by atoms with E-state index in [1.807, 2.05) is 30.3 Å². The highest BCUT2D eigenvalue weighted by atomic mass is 35.5. The van der Waals surface area contributed by atoms with Gasteiger partial charge in [0.2, 0.25) is 0 Å². The van der Waals surface area contributed by atoms with Crippen LogP contribution in [0, 0.1) is 36.0 Å². The van der Waals surface area contributed by atoms with Crippen LogP contribution in [0.5, 0.6) is 0 Å². The second-order valence-corrected chi connectivity index (χ2v) is 13.4. The number of halogens is 1. The molecule has 9 nitrogen and oxygen atoms in total. The molecule has 0 radical (unpaired) electrons. The van der Waals surface area contributed by atoms with Crippen LogP contribution in [0.4, 0.5) is 4.79 Å². The minimum absolute atomic E-state index is 0.155. The highest BCUT2D eigenvalue weighted by molar-refractivity contribution is 6.34. The number of fused-ring (bicyclic) bond motifs is 1. The second-order valence-electron chi connectivity index (χ2n) is 13.0. The summed E-state index contributed by atoms with van der Waals surface area (Å²) in [4.78, 5) is 26.5. The van der Waals surface area contributed by atoms with Gasteiger partial charge >= 0.3 is 6.09 Å². The lowest BCUT2D eigenvalue weighted by atomic mass is 10.0. The molecule has 1 saturated carbocycles. The van der Waals surface area contributed by atoms with Crippen molar-refractivity contribution in [1.82, 2.24) is 20.9 Å². The number of hydrogen-bond donors (Lipinski definition) is 4. The molecule has 6 rings (SSSR count). The molecule has 1 saturated heterocycles. The first-order valence-electron chi connectivity index (χ1n) is 16.4. The fraction of sp³-hybridized carbons (Fsp3) is 0.342. The van der Waals surface area contributed by atoms with E-state index in [9.17, 15) is 20.0 Å². The number of hydrogen-bond acceptors (Lipinski definition) is 6. The first kappa shape index (κ1) is 33.3. The molecular weight excluding hydrogens is 626 g/mol. The molecule has 2 aliphatic rings. The molecule has 1 aromatic heterocycles. The van der Waals surface area contributed by atoms with Gasteiger partial charge in [-0.25, -0.2) is 4.79 Å². The molecule has 3 aromatic carbocycles. The summed E-state index contributed by atoms with van der Waals surface area (Å²) in [5, 5.41) is 29.0. The Labute approximate surface area is 285 Å². The van der Waals surface area contributed by atoms with E-state index in [2.05, 4.69) is 60.1 Å². The molecule has 0 bridgehead atoms. The van der Waals surface area contributed by atoms with E-state index < -0.39 is 6.09 Å². The summed E-state index contributed by atoms with van der Waals surface area (Å²) in [5.41, 5.74) is 5.11. The van der Waals surface area contributed by atoms with Gasteiger partial charge in [-0.2, -0.15) is 5.26 Å². The lowest BCUT2D eigenvalue weighted by molar-refractivity contribution is 0.0936. The van der Waals surface area contributed by atoms with Gasteiger partial charge in [-0.3, -0.25) is 4.79 Å². The maximum atomic E-state index is 13.7. The van der Waals surface area contributed by atoms with Crippen LogP contribution in [-0.4, -0.2) is 54.2 Å². The van der Waals surface area contributed by atoms with E-state index in [0.717, 1.165) is 23.4 Å². The average molecular weight is 666 g/mol. The molecular formula is C38H40ClN5O4. The minimum atomic E-state index is -0.852.